The largest absolute Gasteiger partial charge is 0.336 e. The first-order chi connectivity index (χ1) is 12.9. The molecule has 0 radical (unpaired) electrons. The summed E-state index contributed by atoms with van der Waals surface area (Å²) in [6.45, 7) is 3.92. The minimum Gasteiger partial charge on any atom is -0.336 e. The van der Waals surface area contributed by atoms with E-state index in [-0.39, 0.29) is 30.4 Å². The fourth-order valence-electron chi connectivity index (χ4n) is 4.97. The number of hydrogen-bond acceptors (Lipinski definition) is 3. The first-order valence-corrected chi connectivity index (χ1v) is 9.93. The van der Waals surface area contributed by atoms with Crippen LogP contribution in [0.1, 0.15) is 50.7 Å². The Morgan fingerprint density at radius 1 is 1.15 bits per heavy atom. The van der Waals surface area contributed by atoms with Crippen LogP contribution < -0.4 is 5.32 Å². The number of likely N-dealkylation sites (tertiary alicyclic amines) is 1. The Kier molecular flexibility index (Phi) is 4.44. The van der Waals surface area contributed by atoms with Gasteiger partial charge in [-0.15, -0.1) is 0 Å². The topological polar surface area (TPSA) is 69.7 Å². The van der Waals surface area contributed by atoms with E-state index < -0.39 is 11.6 Å². The third-order valence-electron chi connectivity index (χ3n) is 6.45. The number of fused-ring (bicyclic) bond motifs is 1. The summed E-state index contributed by atoms with van der Waals surface area (Å²) in [7, 11) is 0. The van der Waals surface area contributed by atoms with E-state index in [9.17, 15) is 14.4 Å². The number of amides is 4. The molecule has 2 fully saturated rings. The van der Waals surface area contributed by atoms with Crippen molar-refractivity contribution in [3.63, 3.8) is 0 Å². The van der Waals surface area contributed by atoms with Crippen LogP contribution >= 0.6 is 0 Å². The molecular formula is C21H27N3O3. The number of nitrogens with zero attached hydrogens (tertiary/aromatic N) is 2. The van der Waals surface area contributed by atoms with E-state index in [1.807, 2.05) is 36.9 Å². The summed E-state index contributed by atoms with van der Waals surface area (Å²) in [5.41, 5.74) is 1.43. The van der Waals surface area contributed by atoms with Crippen molar-refractivity contribution in [2.24, 2.45) is 0 Å². The molecule has 6 heteroatoms. The standard InChI is InChI=1S/C21H27N3O3/c1-14-6-5-7-15(2)24(14)18(25)13-23-19(26)21(22-20(23)27)11-10-16-8-3-4-9-17(16)12-21/h3-4,8-9,14-15H,5-7,10-13H2,1-2H3,(H,22,27). The van der Waals surface area contributed by atoms with E-state index >= 15 is 0 Å². The highest BCUT2D eigenvalue weighted by Crippen LogP contribution is 2.34. The average molecular weight is 369 g/mol. The third-order valence-corrected chi connectivity index (χ3v) is 6.45. The second-order valence-corrected chi connectivity index (χ2v) is 8.28. The molecule has 2 heterocycles. The van der Waals surface area contributed by atoms with Crippen LogP contribution in [-0.2, 0) is 22.4 Å². The Balaban J connectivity index is 1.51. The van der Waals surface area contributed by atoms with E-state index in [2.05, 4.69) is 11.4 Å². The number of carbonyl (C=O) groups excluding carboxylic acids is 3. The van der Waals surface area contributed by atoms with Gasteiger partial charge in [0, 0.05) is 18.5 Å². The van der Waals surface area contributed by atoms with Crippen molar-refractivity contribution in [3.8, 4) is 0 Å². The quantitative estimate of drug-likeness (QED) is 0.813. The first-order valence-electron chi connectivity index (χ1n) is 9.93. The Morgan fingerprint density at radius 3 is 2.52 bits per heavy atom. The van der Waals surface area contributed by atoms with Crippen LogP contribution in [0.2, 0.25) is 0 Å². The van der Waals surface area contributed by atoms with Crippen LogP contribution in [0.3, 0.4) is 0 Å². The van der Waals surface area contributed by atoms with E-state index in [0.717, 1.165) is 36.1 Å². The molecule has 1 aromatic rings. The van der Waals surface area contributed by atoms with Gasteiger partial charge in [0.2, 0.25) is 5.91 Å². The van der Waals surface area contributed by atoms with Gasteiger partial charge in [0.1, 0.15) is 12.1 Å². The van der Waals surface area contributed by atoms with Gasteiger partial charge in [-0.25, -0.2) is 4.79 Å². The molecule has 3 atom stereocenters. The normalized spacial score (nSPS) is 30.4. The van der Waals surface area contributed by atoms with Crippen LogP contribution in [0.4, 0.5) is 4.79 Å². The Hall–Kier alpha value is -2.37. The summed E-state index contributed by atoms with van der Waals surface area (Å²) < 4.78 is 0. The van der Waals surface area contributed by atoms with Gasteiger partial charge in [-0.3, -0.25) is 14.5 Å². The molecule has 2 saturated heterocycles. The summed E-state index contributed by atoms with van der Waals surface area (Å²) in [6, 6.07) is 7.90. The molecule has 3 unspecified atom stereocenters. The zero-order valence-electron chi connectivity index (χ0n) is 16.0. The maximum absolute atomic E-state index is 13.2. The summed E-state index contributed by atoms with van der Waals surface area (Å²) in [6.07, 6.45) is 4.88. The monoisotopic (exact) mass is 369 g/mol. The summed E-state index contributed by atoms with van der Waals surface area (Å²) >= 11 is 0. The van der Waals surface area contributed by atoms with Crippen molar-refractivity contribution in [2.45, 2.75) is 70.0 Å². The zero-order valence-corrected chi connectivity index (χ0v) is 16.0. The van der Waals surface area contributed by atoms with Crippen LogP contribution in [-0.4, -0.2) is 51.8 Å². The molecule has 1 spiro atoms. The van der Waals surface area contributed by atoms with Gasteiger partial charge < -0.3 is 10.2 Å². The number of urea groups is 1. The van der Waals surface area contributed by atoms with Crippen LogP contribution in [0, 0.1) is 0 Å². The molecule has 0 aromatic heterocycles. The Morgan fingerprint density at radius 2 is 1.81 bits per heavy atom. The number of piperidine rings is 1. The molecule has 3 aliphatic rings. The lowest BCUT2D eigenvalue weighted by molar-refractivity contribution is -0.143. The fourth-order valence-corrected chi connectivity index (χ4v) is 4.97. The molecule has 0 bridgehead atoms. The molecule has 0 saturated carbocycles. The van der Waals surface area contributed by atoms with Crippen LogP contribution in [0.5, 0.6) is 0 Å². The van der Waals surface area contributed by atoms with Gasteiger partial charge in [-0.05, 0) is 57.1 Å². The summed E-state index contributed by atoms with van der Waals surface area (Å²) in [4.78, 5) is 41.6. The van der Waals surface area contributed by atoms with E-state index in [4.69, 9.17) is 0 Å². The second-order valence-electron chi connectivity index (χ2n) is 8.28. The highest BCUT2D eigenvalue weighted by atomic mass is 16.2. The molecule has 4 amide bonds. The minimum atomic E-state index is -0.898. The molecule has 4 rings (SSSR count). The Bertz CT molecular complexity index is 783. The number of carbonyl (C=O) groups is 3. The SMILES string of the molecule is CC1CCCC(C)N1C(=O)CN1C(=O)NC2(CCc3ccccc3C2)C1=O. The third kappa shape index (κ3) is 3.01. The van der Waals surface area contributed by atoms with Crippen molar-refractivity contribution >= 4 is 17.8 Å². The van der Waals surface area contributed by atoms with Gasteiger partial charge in [-0.2, -0.15) is 0 Å². The van der Waals surface area contributed by atoms with Crippen LogP contribution in [0.15, 0.2) is 24.3 Å². The zero-order chi connectivity index (χ0) is 19.2. The number of rotatable bonds is 2. The maximum atomic E-state index is 13.2. The van der Waals surface area contributed by atoms with Gasteiger partial charge in [0.15, 0.2) is 0 Å². The number of aryl methyl sites for hydroxylation is 1. The lowest BCUT2D eigenvalue weighted by atomic mass is 9.78. The molecule has 1 aromatic carbocycles. The number of hydrogen-bond donors (Lipinski definition) is 1. The predicted octanol–water partition coefficient (Wildman–Crippen LogP) is 2.26. The molecule has 2 aliphatic heterocycles. The van der Waals surface area contributed by atoms with Gasteiger partial charge in [0.25, 0.3) is 5.91 Å². The lowest BCUT2D eigenvalue weighted by Crippen LogP contribution is -2.53. The fraction of sp³-hybridized carbons (Fsp3) is 0.571. The van der Waals surface area contributed by atoms with Crippen molar-refractivity contribution in [3.05, 3.63) is 35.4 Å². The maximum Gasteiger partial charge on any atom is 0.325 e. The molecule has 27 heavy (non-hydrogen) atoms. The second kappa shape index (κ2) is 6.66. The Labute approximate surface area is 159 Å². The number of nitrogens with one attached hydrogen (secondary N) is 1. The molecular weight excluding hydrogens is 342 g/mol. The molecule has 1 aliphatic carbocycles. The highest BCUT2D eigenvalue weighted by Gasteiger charge is 2.53. The van der Waals surface area contributed by atoms with E-state index in [0.29, 0.717) is 12.8 Å². The molecule has 1 N–H and O–H groups in total. The lowest BCUT2D eigenvalue weighted by Gasteiger charge is -2.39. The smallest absolute Gasteiger partial charge is 0.325 e. The summed E-state index contributed by atoms with van der Waals surface area (Å²) in [5, 5.41) is 2.91. The van der Waals surface area contributed by atoms with Gasteiger partial charge >= 0.3 is 6.03 Å². The van der Waals surface area contributed by atoms with Crippen molar-refractivity contribution in [2.75, 3.05) is 6.54 Å². The van der Waals surface area contributed by atoms with Crippen molar-refractivity contribution < 1.29 is 14.4 Å². The van der Waals surface area contributed by atoms with E-state index in [1.165, 1.54) is 5.56 Å². The highest BCUT2D eigenvalue weighted by molar-refractivity contribution is 6.09. The predicted molar refractivity (Wildman–Crippen MR) is 101 cm³/mol. The molecule has 144 valence electrons. The van der Waals surface area contributed by atoms with Crippen molar-refractivity contribution in [1.82, 2.24) is 15.1 Å². The van der Waals surface area contributed by atoms with Crippen molar-refractivity contribution in [1.29, 1.82) is 0 Å². The van der Waals surface area contributed by atoms with Gasteiger partial charge in [0.05, 0.1) is 0 Å². The minimum absolute atomic E-state index is 0.133. The van der Waals surface area contributed by atoms with Gasteiger partial charge in [-0.1, -0.05) is 24.3 Å². The van der Waals surface area contributed by atoms with E-state index in [1.54, 1.807) is 0 Å². The summed E-state index contributed by atoms with van der Waals surface area (Å²) in [5.74, 6) is -0.390. The average Bonchev–Trinajstić information content (AvgIpc) is 2.85. The number of benzene rings is 1. The first kappa shape index (κ1) is 18.0. The molecule has 6 nitrogen and oxygen atoms in total. The van der Waals surface area contributed by atoms with Crippen LogP contribution in [0.25, 0.3) is 0 Å². The number of imide groups is 1.